The highest BCUT2D eigenvalue weighted by Crippen LogP contribution is 2.13. The lowest BCUT2D eigenvalue weighted by Crippen LogP contribution is -2.33. The number of thiocarbonyl (C=S) groups is 1. The van der Waals surface area contributed by atoms with Crippen LogP contribution in [0.2, 0.25) is 0 Å². The number of anilines is 1. The molecule has 2 heterocycles. The van der Waals surface area contributed by atoms with Gasteiger partial charge in [-0.1, -0.05) is 6.07 Å². The number of amides is 2. The first kappa shape index (κ1) is 20.2. The first-order chi connectivity index (χ1) is 13.6. The molecule has 2 aromatic rings. The zero-order chi connectivity index (χ0) is 19.8. The smallest absolute Gasteiger partial charge is 0.251 e. The standard InChI is InChI=1S/C20H21N3O3S2/c24-18(10-9-17-4-2-12-28-17)23-20(27)22-15-7-5-14(6-8-15)19(25)21-13-16-3-1-11-26-16/h2,4-10,12,16H,1,3,11,13H2,(H,21,25)(H2,22,23,24,27)/b10-9+. The van der Waals surface area contributed by atoms with Crippen LogP contribution >= 0.6 is 23.6 Å². The van der Waals surface area contributed by atoms with Gasteiger partial charge in [0.25, 0.3) is 5.91 Å². The fourth-order valence-electron chi connectivity index (χ4n) is 2.68. The van der Waals surface area contributed by atoms with Crippen LogP contribution < -0.4 is 16.0 Å². The summed E-state index contributed by atoms with van der Waals surface area (Å²) < 4.78 is 5.49. The van der Waals surface area contributed by atoms with Crippen LogP contribution in [0.3, 0.4) is 0 Å². The summed E-state index contributed by atoms with van der Waals surface area (Å²) in [5.41, 5.74) is 1.24. The van der Waals surface area contributed by atoms with E-state index in [-0.39, 0.29) is 23.0 Å². The third kappa shape index (κ3) is 6.26. The Balaban J connectivity index is 1.44. The molecule has 1 atom stereocenters. The van der Waals surface area contributed by atoms with Crippen LogP contribution in [-0.2, 0) is 9.53 Å². The molecule has 1 saturated heterocycles. The fraction of sp³-hybridized carbons (Fsp3) is 0.250. The van der Waals surface area contributed by atoms with E-state index in [9.17, 15) is 9.59 Å². The van der Waals surface area contributed by atoms with Crippen LogP contribution in [0.5, 0.6) is 0 Å². The van der Waals surface area contributed by atoms with Crippen LogP contribution in [0.25, 0.3) is 6.08 Å². The van der Waals surface area contributed by atoms with Gasteiger partial charge in [0.05, 0.1) is 6.10 Å². The van der Waals surface area contributed by atoms with Crippen molar-refractivity contribution in [2.24, 2.45) is 0 Å². The van der Waals surface area contributed by atoms with E-state index in [0.29, 0.717) is 17.8 Å². The van der Waals surface area contributed by atoms with Gasteiger partial charge in [-0.3, -0.25) is 14.9 Å². The van der Waals surface area contributed by atoms with E-state index >= 15 is 0 Å². The normalized spacial score (nSPS) is 16.1. The number of nitrogens with one attached hydrogen (secondary N) is 3. The van der Waals surface area contributed by atoms with E-state index in [0.717, 1.165) is 24.3 Å². The molecule has 1 aromatic carbocycles. The summed E-state index contributed by atoms with van der Waals surface area (Å²) in [7, 11) is 0. The lowest BCUT2D eigenvalue weighted by Gasteiger charge is -2.11. The molecule has 1 aliphatic rings. The monoisotopic (exact) mass is 415 g/mol. The maximum Gasteiger partial charge on any atom is 0.251 e. The van der Waals surface area contributed by atoms with E-state index in [1.54, 1.807) is 41.7 Å². The molecule has 8 heteroatoms. The summed E-state index contributed by atoms with van der Waals surface area (Å²) in [4.78, 5) is 25.0. The zero-order valence-electron chi connectivity index (χ0n) is 15.1. The molecule has 1 fully saturated rings. The van der Waals surface area contributed by atoms with Crippen LogP contribution in [0, 0.1) is 0 Å². The molecule has 28 heavy (non-hydrogen) atoms. The van der Waals surface area contributed by atoms with E-state index in [2.05, 4.69) is 16.0 Å². The van der Waals surface area contributed by atoms with Gasteiger partial charge >= 0.3 is 0 Å². The highest BCUT2D eigenvalue weighted by atomic mass is 32.1. The van der Waals surface area contributed by atoms with Gasteiger partial charge in [0.2, 0.25) is 5.91 Å². The quantitative estimate of drug-likeness (QED) is 0.499. The molecule has 0 spiro atoms. The highest BCUT2D eigenvalue weighted by Gasteiger charge is 2.16. The van der Waals surface area contributed by atoms with Crippen LogP contribution in [0.1, 0.15) is 28.1 Å². The molecule has 3 N–H and O–H groups in total. The summed E-state index contributed by atoms with van der Waals surface area (Å²) in [6.07, 6.45) is 5.30. The zero-order valence-corrected chi connectivity index (χ0v) is 16.8. The van der Waals surface area contributed by atoms with E-state index in [1.165, 1.54) is 6.08 Å². The summed E-state index contributed by atoms with van der Waals surface area (Å²) in [6.45, 7) is 1.29. The maximum atomic E-state index is 12.2. The minimum Gasteiger partial charge on any atom is -0.376 e. The molecule has 6 nitrogen and oxygen atoms in total. The van der Waals surface area contributed by atoms with Crippen LogP contribution in [0.15, 0.2) is 47.9 Å². The van der Waals surface area contributed by atoms with Crippen molar-refractivity contribution in [1.82, 2.24) is 10.6 Å². The molecule has 0 radical (unpaired) electrons. The van der Waals surface area contributed by atoms with Crippen molar-refractivity contribution in [3.8, 4) is 0 Å². The molecule has 3 rings (SSSR count). The topological polar surface area (TPSA) is 79.5 Å². The second kappa shape index (κ2) is 10.1. The molecule has 0 aliphatic carbocycles. The lowest BCUT2D eigenvalue weighted by atomic mass is 10.2. The van der Waals surface area contributed by atoms with Crippen molar-refractivity contribution < 1.29 is 14.3 Å². The van der Waals surface area contributed by atoms with Gasteiger partial charge in [-0.2, -0.15) is 0 Å². The average Bonchev–Trinajstić information content (AvgIpc) is 3.39. The molecular formula is C20H21N3O3S2. The summed E-state index contributed by atoms with van der Waals surface area (Å²) >= 11 is 6.69. The van der Waals surface area contributed by atoms with Gasteiger partial charge < -0.3 is 15.4 Å². The third-order valence-corrected chi connectivity index (χ3v) is 5.14. The van der Waals surface area contributed by atoms with Crippen molar-refractivity contribution in [3.05, 3.63) is 58.3 Å². The van der Waals surface area contributed by atoms with Crippen molar-refractivity contribution >= 4 is 52.2 Å². The van der Waals surface area contributed by atoms with Gasteiger partial charge in [0.15, 0.2) is 5.11 Å². The van der Waals surface area contributed by atoms with Crippen LogP contribution in [-0.4, -0.2) is 36.2 Å². The van der Waals surface area contributed by atoms with E-state index < -0.39 is 0 Å². The Morgan fingerprint density at radius 3 is 2.75 bits per heavy atom. The number of hydrogen-bond acceptors (Lipinski definition) is 5. The molecule has 0 bridgehead atoms. The number of carbonyl (C=O) groups excluding carboxylic acids is 2. The number of hydrogen-bond donors (Lipinski definition) is 3. The minimum absolute atomic E-state index is 0.111. The summed E-state index contributed by atoms with van der Waals surface area (Å²) in [5, 5.41) is 10.5. The van der Waals surface area contributed by atoms with Crippen molar-refractivity contribution in [2.45, 2.75) is 18.9 Å². The number of thiophene rings is 1. The Bertz CT molecular complexity index is 842. The van der Waals surface area contributed by atoms with Gasteiger partial charge in [0.1, 0.15) is 0 Å². The maximum absolute atomic E-state index is 12.2. The molecule has 1 aromatic heterocycles. The predicted molar refractivity (Wildman–Crippen MR) is 115 cm³/mol. The average molecular weight is 416 g/mol. The second-order valence-electron chi connectivity index (χ2n) is 6.21. The van der Waals surface area contributed by atoms with Crippen molar-refractivity contribution in [2.75, 3.05) is 18.5 Å². The Labute approximate surface area is 173 Å². The SMILES string of the molecule is O=C(/C=C/c1cccs1)NC(=S)Nc1ccc(C(=O)NCC2CCCO2)cc1. The Morgan fingerprint density at radius 1 is 1.25 bits per heavy atom. The van der Waals surface area contributed by atoms with Crippen molar-refractivity contribution in [3.63, 3.8) is 0 Å². The lowest BCUT2D eigenvalue weighted by molar-refractivity contribution is -0.115. The molecule has 1 unspecified atom stereocenters. The Morgan fingerprint density at radius 2 is 2.07 bits per heavy atom. The number of carbonyl (C=O) groups is 2. The first-order valence-electron chi connectivity index (χ1n) is 8.93. The molecular weight excluding hydrogens is 394 g/mol. The number of ether oxygens (including phenoxy) is 1. The Hall–Kier alpha value is -2.55. The fourth-order valence-corrected chi connectivity index (χ4v) is 3.52. The molecule has 0 saturated carbocycles. The second-order valence-corrected chi connectivity index (χ2v) is 7.60. The molecule has 2 amide bonds. The predicted octanol–water partition coefficient (Wildman–Crippen LogP) is 3.18. The summed E-state index contributed by atoms with van der Waals surface area (Å²) in [5.74, 6) is -0.451. The minimum atomic E-state index is -0.309. The Kier molecular flexibility index (Phi) is 7.30. The third-order valence-electron chi connectivity index (χ3n) is 4.10. The van der Waals surface area contributed by atoms with Gasteiger partial charge in [-0.25, -0.2) is 0 Å². The van der Waals surface area contributed by atoms with Gasteiger partial charge in [0, 0.05) is 35.4 Å². The highest BCUT2D eigenvalue weighted by molar-refractivity contribution is 7.80. The first-order valence-corrected chi connectivity index (χ1v) is 10.2. The van der Waals surface area contributed by atoms with Gasteiger partial charge in [-0.15, -0.1) is 11.3 Å². The molecule has 1 aliphatic heterocycles. The van der Waals surface area contributed by atoms with Gasteiger partial charge in [-0.05, 0) is 66.8 Å². The molecule has 146 valence electrons. The van der Waals surface area contributed by atoms with E-state index in [1.807, 2.05) is 17.5 Å². The summed E-state index contributed by atoms with van der Waals surface area (Å²) in [6, 6.07) is 10.7. The number of benzene rings is 1. The largest absolute Gasteiger partial charge is 0.376 e. The van der Waals surface area contributed by atoms with Crippen LogP contribution in [0.4, 0.5) is 5.69 Å². The number of rotatable bonds is 6. The van der Waals surface area contributed by atoms with E-state index in [4.69, 9.17) is 17.0 Å². The van der Waals surface area contributed by atoms with Crippen molar-refractivity contribution in [1.29, 1.82) is 0 Å².